The molecule has 7 N–H and O–H groups in total. The molecule has 4 unspecified atom stereocenters. The number of likely N-dealkylation sites (tertiary alicyclic amines) is 1. The molecule has 4 aromatic heterocycles. The number of rotatable bonds is 20. The average Bonchev–Trinajstić information content (AvgIpc) is 4.12. The number of fused-ring (bicyclic) bond motifs is 2. The second-order valence-corrected chi connectivity index (χ2v) is 22.3. The molecule has 76 heavy (non-hydrogen) atoms. The van der Waals surface area contributed by atoms with Crippen molar-refractivity contribution in [3.8, 4) is 21.6 Å². The van der Waals surface area contributed by atoms with Crippen molar-refractivity contribution in [3.05, 3.63) is 117 Å². The van der Waals surface area contributed by atoms with E-state index in [9.17, 15) is 33.8 Å². The smallest absolute Gasteiger partial charge is 0.274 e. The van der Waals surface area contributed by atoms with Gasteiger partial charge in [0.2, 0.25) is 11.8 Å². The van der Waals surface area contributed by atoms with Gasteiger partial charge in [-0.3, -0.25) is 19.2 Å². The van der Waals surface area contributed by atoms with Crippen molar-refractivity contribution in [1.29, 1.82) is 0 Å². The molecule has 6 heterocycles. The summed E-state index contributed by atoms with van der Waals surface area (Å²) in [6.45, 7) is 11.7. The van der Waals surface area contributed by atoms with Crippen LogP contribution in [0.5, 0.6) is 0 Å². The number of nitrogens with one attached hydrogen (secondary N) is 3. The van der Waals surface area contributed by atoms with Crippen LogP contribution in [0.4, 0.5) is 20.3 Å². The largest absolute Gasteiger partial charge is 0.391 e. The number of halogens is 2. The number of nitrogens with zero attached hydrogens (tertiary/aromatic N) is 6. The normalized spacial score (nSPS) is 16.9. The number of aliphatic hydroxyl groups is 2. The minimum absolute atomic E-state index is 0.00901. The van der Waals surface area contributed by atoms with Crippen molar-refractivity contribution in [2.24, 2.45) is 23.2 Å². The summed E-state index contributed by atoms with van der Waals surface area (Å²) in [6.07, 6.45) is 11.6. The summed E-state index contributed by atoms with van der Waals surface area (Å²) in [5, 5.41) is 29.0. The summed E-state index contributed by atoms with van der Waals surface area (Å²) in [5.74, 6) is -2.63. The van der Waals surface area contributed by atoms with E-state index in [1.807, 2.05) is 52.8 Å². The number of hydrogen-bond donors (Lipinski definition) is 6. The fourth-order valence-corrected chi connectivity index (χ4v) is 11.3. The minimum atomic E-state index is -1.71. The Morgan fingerprint density at radius 1 is 0.987 bits per heavy atom. The number of thiazole rings is 1. The molecule has 0 saturated carbocycles. The maximum atomic E-state index is 15.5. The molecule has 1 fully saturated rings. The number of anilines is 2. The summed E-state index contributed by atoms with van der Waals surface area (Å²) < 4.78 is 31.0. The summed E-state index contributed by atoms with van der Waals surface area (Å²) in [4.78, 5) is 74.7. The van der Waals surface area contributed by atoms with E-state index in [4.69, 9.17) is 5.73 Å². The standard InChI is InChI=1S/C57H70F2N10O6S/c1-8-34-23-41-42-31-67(7)54(73)48-47(42)36(27-62-48)29-68(52-43(59)24-38(58)28-63-52)44(41)26-40(34)53(72)61-22-16-14-12-10-9-11-13-15-17-46(71)65-50(56(3,4)5)55(74)69-30-39(70)25-45(69)51(60)66-57(6,75)37-20-18-35(19-21-37)49-33(2)64-32-76-49/h18-21,23-24,26-28,31-32,39,45,50,62,70,75H,8-17,22,25,29-30H2,1-7H3,(H2,60,66)(H,61,72)(H,65,71). The van der Waals surface area contributed by atoms with Gasteiger partial charge in [-0.05, 0) is 67.3 Å². The van der Waals surface area contributed by atoms with E-state index < -0.39 is 41.0 Å². The van der Waals surface area contributed by atoms with E-state index in [-0.39, 0.29) is 60.9 Å². The monoisotopic (exact) mass is 1060 g/mol. The van der Waals surface area contributed by atoms with Gasteiger partial charge in [0, 0.05) is 79.1 Å². The summed E-state index contributed by atoms with van der Waals surface area (Å²) in [6, 6.07) is 10.1. The third-order valence-corrected chi connectivity index (χ3v) is 15.6. The quantitative estimate of drug-likeness (QED) is 0.0242. The van der Waals surface area contributed by atoms with Crippen molar-refractivity contribution < 1.29 is 33.4 Å². The zero-order chi connectivity index (χ0) is 54.6. The van der Waals surface area contributed by atoms with Gasteiger partial charge in [0.1, 0.15) is 23.2 Å². The number of aryl methyl sites for hydroxylation is 3. The lowest BCUT2D eigenvalue weighted by atomic mass is 9.85. The van der Waals surface area contributed by atoms with E-state index in [0.29, 0.717) is 52.7 Å². The molecule has 0 spiro atoms. The molecule has 16 nitrogen and oxygen atoms in total. The number of aromatic amines is 1. The number of nitrogens with two attached hydrogens (primary N) is 1. The highest BCUT2D eigenvalue weighted by Crippen LogP contribution is 2.45. The van der Waals surface area contributed by atoms with E-state index in [1.165, 1.54) is 27.7 Å². The zero-order valence-electron chi connectivity index (χ0n) is 44.4. The number of carbonyl (C=O) groups excluding carboxylic acids is 3. The molecule has 2 aromatic carbocycles. The third-order valence-electron chi connectivity index (χ3n) is 14.6. The van der Waals surface area contributed by atoms with Crippen LogP contribution in [0.15, 0.2) is 76.4 Å². The van der Waals surface area contributed by atoms with Gasteiger partial charge < -0.3 is 45.9 Å². The van der Waals surface area contributed by atoms with Gasteiger partial charge in [-0.1, -0.05) is 90.5 Å². The van der Waals surface area contributed by atoms with Crippen molar-refractivity contribution in [2.45, 2.75) is 143 Å². The minimum Gasteiger partial charge on any atom is -0.391 e. The molecule has 0 aliphatic carbocycles. The van der Waals surface area contributed by atoms with Gasteiger partial charge >= 0.3 is 0 Å². The maximum Gasteiger partial charge on any atom is 0.274 e. The number of β-amino-alcohol motifs (C(OH)–C–C–N with tert-alkyl or cyclic N) is 1. The Bertz CT molecular complexity index is 3200. The highest BCUT2D eigenvalue weighted by atomic mass is 32.1. The Morgan fingerprint density at radius 2 is 1.68 bits per heavy atom. The Hall–Kier alpha value is -6.83. The van der Waals surface area contributed by atoms with Crippen LogP contribution in [0.25, 0.3) is 32.5 Å². The summed E-state index contributed by atoms with van der Waals surface area (Å²) >= 11 is 1.53. The SMILES string of the molecule is CCc1cc2c(cc1C(=O)NCCCCCCCCCCC(=O)NC(C(=O)N1CC(O)CC1/C(N)=N/C(C)(O)c1ccc(-c3scnc3C)cc1)C(C)(C)C)N(c1ncc(F)cc1F)Cc1c[nH]c3c(=O)n(C)cc-2c13. The molecule has 2 aliphatic rings. The highest BCUT2D eigenvalue weighted by Gasteiger charge is 2.44. The Morgan fingerprint density at radius 3 is 2.34 bits per heavy atom. The van der Waals surface area contributed by atoms with Crippen LogP contribution >= 0.6 is 11.3 Å². The van der Waals surface area contributed by atoms with E-state index in [0.717, 1.165) is 90.0 Å². The third kappa shape index (κ3) is 12.1. The van der Waals surface area contributed by atoms with Crippen LogP contribution in [0.2, 0.25) is 0 Å². The highest BCUT2D eigenvalue weighted by molar-refractivity contribution is 7.13. The van der Waals surface area contributed by atoms with Gasteiger partial charge in [0.15, 0.2) is 17.4 Å². The molecule has 6 aromatic rings. The van der Waals surface area contributed by atoms with E-state index in [2.05, 4.69) is 30.6 Å². The Kier molecular flexibility index (Phi) is 16.9. The second-order valence-electron chi connectivity index (χ2n) is 21.4. The number of aromatic nitrogens is 4. The number of aliphatic imine (C=N–C) groups is 1. The predicted molar refractivity (Wildman–Crippen MR) is 293 cm³/mol. The number of amides is 3. The molecule has 404 valence electrons. The van der Waals surface area contributed by atoms with Crippen molar-refractivity contribution in [3.63, 3.8) is 0 Å². The molecule has 0 bridgehead atoms. The number of unbranched alkanes of at least 4 members (excludes halogenated alkanes) is 7. The van der Waals surface area contributed by atoms with Gasteiger partial charge in [-0.15, -0.1) is 11.3 Å². The molecule has 1 saturated heterocycles. The van der Waals surface area contributed by atoms with Gasteiger partial charge in [0.05, 0.1) is 46.7 Å². The number of H-pyrrole nitrogens is 1. The fourth-order valence-electron chi connectivity index (χ4n) is 10.4. The average molecular weight is 1060 g/mol. The van der Waals surface area contributed by atoms with Crippen LogP contribution in [0.3, 0.4) is 0 Å². The number of pyridine rings is 2. The molecule has 0 radical (unpaired) electrons. The number of hydrogen-bond acceptors (Lipinski definition) is 11. The van der Waals surface area contributed by atoms with Gasteiger partial charge in [-0.25, -0.2) is 23.7 Å². The Balaban J connectivity index is 0.789. The number of benzene rings is 2. The molecular weight excluding hydrogens is 991 g/mol. The first-order valence-corrected chi connectivity index (χ1v) is 27.1. The van der Waals surface area contributed by atoms with Gasteiger partial charge in [-0.2, -0.15) is 0 Å². The zero-order valence-corrected chi connectivity index (χ0v) is 45.3. The number of aliphatic hydroxyl groups excluding tert-OH is 1. The topological polar surface area (TPSA) is 224 Å². The van der Waals surface area contributed by atoms with E-state index in [1.54, 1.807) is 48.1 Å². The second kappa shape index (κ2) is 23.2. The van der Waals surface area contributed by atoms with Gasteiger partial charge in [0.25, 0.3) is 11.5 Å². The first-order chi connectivity index (χ1) is 36.2. The van der Waals surface area contributed by atoms with E-state index >= 15 is 4.39 Å². The maximum absolute atomic E-state index is 15.5. The molecule has 19 heteroatoms. The van der Waals surface area contributed by atoms with Crippen LogP contribution in [-0.2, 0) is 35.3 Å². The first kappa shape index (κ1) is 55.4. The van der Waals surface area contributed by atoms with Crippen molar-refractivity contribution in [2.75, 3.05) is 18.0 Å². The molecule has 3 amide bonds. The van der Waals surface area contributed by atoms with Crippen LogP contribution < -0.4 is 26.8 Å². The molecule has 8 rings (SSSR count). The summed E-state index contributed by atoms with van der Waals surface area (Å²) in [7, 11) is 1.67. The van der Waals surface area contributed by atoms with Crippen LogP contribution in [0, 0.1) is 24.0 Å². The lowest BCUT2D eigenvalue weighted by molar-refractivity contribution is -0.139. The van der Waals surface area contributed by atoms with Crippen molar-refractivity contribution in [1.82, 2.24) is 35.1 Å². The number of amidine groups is 1. The summed E-state index contributed by atoms with van der Waals surface area (Å²) in [5.41, 5.74) is 12.4. The first-order valence-electron chi connectivity index (χ1n) is 26.3. The number of carbonyl (C=O) groups is 3. The van der Waals surface area contributed by atoms with Crippen LogP contribution in [-0.4, -0.2) is 89.5 Å². The lowest BCUT2D eigenvalue weighted by Crippen LogP contribution is -2.57. The Labute approximate surface area is 445 Å². The van der Waals surface area contributed by atoms with Crippen LogP contribution in [0.1, 0.15) is 132 Å². The fraction of sp³-hybridized carbons (Fsp3) is 0.456. The lowest BCUT2D eigenvalue weighted by Gasteiger charge is -2.36. The molecule has 4 atom stereocenters. The van der Waals surface area contributed by atoms with Crippen molar-refractivity contribution >= 4 is 57.3 Å². The molecular formula is C57H70F2N10O6S. The molecule has 2 aliphatic heterocycles. The predicted octanol–water partition coefficient (Wildman–Crippen LogP) is 8.81.